The molecule has 0 spiro atoms. The molecule has 7 rings (SSSR count). The average molecular weight is 1290 g/mol. The lowest BCUT2D eigenvalue weighted by atomic mass is 10.5. The van der Waals surface area contributed by atoms with Crippen LogP contribution in [0.15, 0.2) is 0 Å². The third-order valence-corrected chi connectivity index (χ3v) is 61.3. The molecule has 0 amide bonds. The maximum Gasteiger partial charge on any atom is 0.654 e. The standard InChI is InChI=1S/C31H84O24Si16/c1-24-34-63(35-25-2,28-26-27-32-29-31-30-33-31)43-71-53-68(40-60(15,16)17)47-65(37-57(6,7)8)44-64(36-56(3,4)5)45-66(49-68,38-58(9,10)11)51-70(55-71,42-62(21,22)23)52-67(46-64,39-59(12,13)14)50-69(48-65,54-71)41-61(18,19)20/h31H,24-30H2,1-23H3. The first-order valence-corrected chi connectivity index (χ1v) is 63.2. The molecule has 40 heteroatoms. The summed E-state index contributed by atoms with van der Waals surface area (Å²) in [5.74, 6) is 0. The van der Waals surface area contributed by atoms with E-state index in [2.05, 4.69) is 0 Å². The first kappa shape index (κ1) is 62.7. The van der Waals surface area contributed by atoms with Gasteiger partial charge in [-0.25, -0.2) is 0 Å². The molecule has 416 valence electrons. The van der Waals surface area contributed by atoms with Crippen LogP contribution in [0.25, 0.3) is 0 Å². The zero-order valence-corrected chi connectivity index (χ0v) is 62.3. The van der Waals surface area contributed by atoms with Gasteiger partial charge in [0.15, 0.2) is 58.2 Å². The summed E-state index contributed by atoms with van der Waals surface area (Å²) in [6, 6.07) is 0.191. The lowest BCUT2D eigenvalue weighted by Crippen LogP contribution is -2.93. The number of hydrogen-bond donors (Lipinski definition) is 0. The topological polar surface area (TPSA) is 225 Å². The minimum absolute atomic E-state index is 0.0645. The van der Waals surface area contributed by atoms with Gasteiger partial charge in [-0.05, 0) is 158 Å². The van der Waals surface area contributed by atoms with Crippen LogP contribution < -0.4 is 0 Å². The molecule has 0 N–H and O–H groups in total. The zero-order valence-electron chi connectivity index (χ0n) is 46.3. The highest BCUT2D eigenvalue weighted by Gasteiger charge is 2.92. The maximum atomic E-state index is 7.58. The molecule has 0 aromatic carbocycles. The van der Waals surface area contributed by atoms with Gasteiger partial charge in [0.25, 0.3) is 0 Å². The smallest absolute Gasteiger partial charge is 0.396 e. The Kier molecular flexibility index (Phi) is 18.6. The fourth-order valence-corrected chi connectivity index (χ4v) is 73.1. The summed E-state index contributed by atoms with van der Waals surface area (Å²) in [4.78, 5) is 0. The highest BCUT2D eigenvalue weighted by Crippen LogP contribution is 2.53. The van der Waals surface area contributed by atoms with E-state index in [1.807, 2.05) is 151 Å². The number of rotatable bonds is 26. The Labute approximate surface area is 440 Å². The second-order valence-corrected chi connectivity index (χ2v) is 80.9. The molecule has 7 aliphatic heterocycles. The predicted molar refractivity (Wildman–Crippen MR) is 290 cm³/mol. The van der Waals surface area contributed by atoms with Crippen molar-refractivity contribution in [3.8, 4) is 0 Å². The Morgan fingerprint density at radius 2 is 0.563 bits per heavy atom. The number of hydrogen-bond acceptors (Lipinski definition) is 24. The van der Waals surface area contributed by atoms with Gasteiger partial charge in [-0.2, -0.15) is 0 Å². The van der Waals surface area contributed by atoms with Gasteiger partial charge in [0, 0.05) is 25.9 Å². The van der Waals surface area contributed by atoms with E-state index in [-0.39, 0.29) is 25.4 Å². The summed E-state index contributed by atoms with van der Waals surface area (Å²) in [7, 11) is -66.6. The molecule has 1 atom stereocenters. The van der Waals surface area contributed by atoms with Crippen LogP contribution in [-0.4, -0.2) is 179 Å². The average Bonchev–Trinajstić information content (AvgIpc) is 3.83. The summed E-state index contributed by atoms with van der Waals surface area (Å²) >= 11 is 0. The molecule has 7 heterocycles. The Morgan fingerprint density at radius 1 is 0.352 bits per heavy atom. The third kappa shape index (κ3) is 17.8. The van der Waals surface area contributed by atoms with Gasteiger partial charge in [-0.3, -0.25) is 0 Å². The van der Waals surface area contributed by atoms with Gasteiger partial charge < -0.3 is 101 Å². The van der Waals surface area contributed by atoms with Gasteiger partial charge in [-0.1, -0.05) is 0 Å². The van der Waals surface area contributed by atoms with E-state index in [1.165, 1.54) is 0 Å². The van der Waals surface area contributed by atoms with Crippen molar-refractivity contribution in [2.75, 3.05) is 33.0 Å². The summed E-state index contributed by atoms with van der Waals surface area (Å²) in [5, 5.41) is 0. The lowest BCUT2D eigenvalue weighted by molar-refractivity contribution is -0.131. The largest absolute Gasteiger partial charge is 0.654 e. The van der Waals surface area contributed by atoms with Crippen molar-refractivity contribution in [3.05, 3.63) is 0 Å². The first-order chi connectivity index (χ1) is 31.8. The van der Waals surface area contributed by atoms with Crippen LogP contribution in [0.2, 0.25) is 144 Å². The van der Waals surface area contributed by atoms with Crippen molar-refractivity contribution in [2.45, 2.75) is 170 Å². The number of ether oxygens (including phenoxy) is 2. The summed E-state index contributed by atoms with van der Waals surface area (Å²) in [5.41, 5.74) is 0. The van der Waals surface area contributed by atoms with E-state index in [0.717, 1.165) is 0 Å². The molecule has 7 saturated heterocycles. The zero-order chi connectivity index (χ0) is 53.5. The third-order valence-electron chi connectivity index (χ3n) is 8.51. The molecule has 7 fully saturated rings. The van der Waals surface area contributed by atoms with E-state index < -0.39 is 139 Å². The van der Waals surface area contributed by atoms with E-state index >= 15 is 0 Å². The molecule has 0 radical (unpaired) electrons. The molecule has 0 saturated carbocycles. The molecule has 7 aliphatic rings. The second kappa shape index (κ2) is 21.1. The summed E-state index contributed by atoms with van der Waals surface area (Å²) in [6.45, 7) is 46.1. The van der Waals surface area contributed by atoms with Crippen LogP contribution in [0.1, 0.15) is 20.3 Å². The summed E-state index contributed by atoms with van der Waals surface area (Å²) in [6.07, 6.45) is 0.487. The van der Waals surface area contributed by atoms with Gasteiger partial charge in [0.05, 0.1) is 13.2 Å². The Bertz CT molecular complexity index is 1660. The molecule has 0 aromatic rings. The van der Waals surface area contributed by atoms with Crippen LogP contribution in [-0.2, 0) is 101 Å². The maximum absolute atomic E-state index is 7.58. The highest BCUT2D eigenvalue weighted by molar-refractivity contribution is 7.04. The summed E-state index contributed by atoms with van der Waals surface area (Å²) < 4.78 is 173. The predicted octanol–water partition coefficient (Wildman–Crippen LogP) is 6.53. The van der Waals surface area contributed by atoms with Gasteiger partial charge in [-0.15, -0.1) is 0 Å². The van der Waals surface area contributed by atoms with Crippen molar-refractivity contribution in [1.29, 1.82) is 0 Å². The Balaban J connectivity index is 1.80. The molecule has 8 bridgehead atoms. The van der Waals surface area contributed by atoms with Crippen molar-refractivity contribution in [2.24, 2.45) is 0 Å². The first-order valence-electron chi connectivity index (χ1n) is 24.3. The monoisotopic (exact) mass is 1290 g/mol. The number of epoxide rings is 1. The van der Waals surface area contributed by atoms with E-state index in [1.54, 1.807) is 0 Å². The van der Waals surface area contributed by atoms with E-state index in [4.69, 9.17) is 101 Å². The molecule has 1 unspecified atom stereocenters. The van der Waals surface area contributed by atoms with Crippen LogP contribution in [0, 0.1) is 0 Å². The van der Waals surface area contributed by atoms with Crippen LogP contribution >= 0.6 is 0 Å². The van der Waals surface area contributed by atoms with E-state index in [0.29, 0.717) is 26.2 Å². The van der Waals surface area contributed by atoms with Crippen LogP contribution in [0.5, 0.6) is 0 Å². The minimum atomic E-state index is -5.46. The van der Waals surface area contributed by atoms with Crippen molar-refractivity contribution in [3.63, 3.8) is 0 Å². The molecular formula is C31H84O24Si16. The highest BCUT2D eigenvalue weighted by atomic mass is 28.7. The second-order valence-electron chi connectivity index (χ2n) is 24.5. The molecular weight excluding hydrogens is 1210 g/mol. The van der Waals surface area contributed by atoms with Crippen molar-refractivity contribution in [1.82, 2.24) is 0 Å². The Morgan fingerprint density at radius 3 is 0.746 bits per heavy atom. The van der Waals surface area contributed by atoms with Crippen molar-refractivity contribution < 1.29 is 101 Å². The normalized spacial score (nSPS) is 37.1. The van der Waals surface area contributed by atoms with Gasteiger partial charge >= 0.3 is 81.2 Å². The lowest BCUT2D eigenvalue weighted by Gasteiger charge is -2.60. The van der Waals surface area contributed by atoms with Gasteiger partial charge in [0.1, 0.15) is 6.10 Å². The van der Waals surface area contributed by atoms with Crippen LogP contribution in [0.3, 0.4) is 0 Å². The fourth-order valence-electron chi connectivity index (χ4n) is 7.16. The fraction of sp³-hybridized carbons (Fsp3) is 1.00. The molecule has 71 heavy (non-hydrogen) atoms. The van der Waals surface area contributed by atoms with Gasteiger partial charge in [0.2, 0.25) is 0 Å². The SMILES string of the molecule is CCO[Si](CCCOCC1CO1)(OCC)O[Si]12O[Si]3(O[Si](C)(C)C)O[Si]4(O[Si](C)(C)C)O[Si]5(O[Si](C)(C)C)O[Si](O[Si](C)(C)C)(O3)O[Si](O[Si](C)(C)C)(O[Si](O[Si](C)(C)C)(O5)O[Si](O[Si](C)(C)C)(O4)O1)O2. The minimum Gasteiger partial charge on any atom is -0.396 e. The van der Waals surface area contributed by atoms with E-state index in [9.17, 15) is 0 Å². The Hall–Kier alpha value is 2.51. The molecule has 0 aliphatic carbocycles. The van der Waals surface area contributed by atoms with Crippen molar-refractivity contribution >= 4 is 139 Å². The van der Waals surface area contributed by atoms with Crippen LogP contribution in [0.4, 0.5) is 0 Å². The molecule has 24 nitrogen and oxygen atoms in total. The quantitative estimate of drug-likeness (QED) is 0.0510. The molecule has 0 aromatic heterocycles.